The summed E-state index contributed by atoms with van der Waals surface area (Å²) in [4.78, 5) is 22.5. The molecule has 0 aliphatic heterocycles. The van der Waals surface area contributed by atoms with Gasteiger partial charge in [0.15, 0.2) is 0 Å². The van der Waals surface area contributed by atoms with Gasteiger partial charge >= 0.3 is 6.09 Å². The number of quaternary nitrogens is 1. The Morgan fingerprint density at radius 3 is 1.97 bits per heavy atom. The third-order valence-corrected chi connectivity index (χ3v) is 6.22. The fourth-order valence-corrected chi connectivity index (χ4v) is 4.53. The lowest BCUT2D eigenvalue weighted by atomic mass is 9.91. The van der Waals surface area contributed by atoms with Crippen molar-refractivity contribution in [3.8, 4) is 0 Å². The number of nitrogens with one attached hydrogen (secondary N) is 1. The number of aliphatic carboxylic acids is 1. The molecule has 0 spiro atoms. The first kappa shape index (κ1) is 28.1. The highest BCUT2D eigenvalue weighted by molar-refractivity contribution is 5.78. The van der Waals surface area contributed by atoms with E-state index in [4.69, 9.17) is 9.47 Å². The summed E-state index contributed by atoms with van der Waals surface area (Å²) >= 11 is 0. The van der Waals surface area contributed by atoms with Crippen molar-refractivity contribution in [1.82, 2.24) is 5.32 Å². The predicted octanol–water partition coefficient (Wildman–Crippen LogP) is 3.06. The van der Waals surface area contributed by atoms with E-state index in [1.807, 2.05) is 30.3 Å². The van der Waals surface area contributed by atoms with E-state index in [9.17, 15) is 14.7 Å². The van der Waals surface area contributed by atoms with Crippen LogP contribution in [0.2, 0.25) is 0 Å². The maximum Gasteiger partial charge on any atom is 0.408 e. The highest BCUT2D eigenvalue weighted by atomic mass is 16.6. The van der Waals surface area contributed by atoms with Gasteiger partial charge in [0, 0.05) is 0 Å². The lowest BCUT2D eigenvalue weighted by molar-refractivity contribution is -0.725. The van der Waals surface area contributed by atoms with Gasteiger partial charge in [-0.1, -0.05) is 43.2 Å². The van der Waals surface area contributed by atoms with Crippen LogP contribution in [0.15, 0.2) is 30.3 Å². The zero-order valence-electron chi connectivity index (χ0n) is 21.2. The van der Waals surface area contributed by atoms with Crippen molar-refractivity contribution in [3.05, 3.63) is 35.9 Å². The monoisotopic (exact) mass is 476 g/mol. The van der Waals surface area contributed by atoms with Crippen LogP contribution in [0.3, 0.4) is 0 Å². The first-order valence-corrected chi connectivity index (χ1v) is 12.9. The maximum atomic E-state index is 11.5. The van der Waals surface area contributed by atoms with Gasteiger partial charge in [-0.25, -0.2) is 4.79 Å². The number of alkyl carbamates (subject to hydrolysis) is 1. The normalized spacial score (nSPS) is 18.3. The Morgan fingerprint density at radius 1 is 0.971 bits per heavy atom. The molecule has 2 fully saturated rings. The molecule has 1 aromatic rings. The number of carboxylic acid groups (broad SMARTS) is 1. The molecule has 2 aliphatic rings. The Hall–Kier alpha value is -2.12. The van der Waals surface area contributed by atoms with Gasteiger partial charge in [0.1, 0.15) is 5.60 Å². The zero-order valence-corrected chi connectivity index (χ0v) is 21.2. The van der Waals surface area contributed by atoms with Crippen LogP contribution in [0.1, 0.15) is 90.5 Å². The van der Waals surface area contributed by atoms with E-state index in [0.717, 1.165) is 17.6 Å². The molecule has 3 N–H and O–H groups in total. The number of ether oxygens (including phenoxy) is 2. The molecule has 0 radical (unpaired) electrons. The number of carbonyl (C=O) groups is 2. The summed E-state index contributed by atoms with van der Waals surface area (Å²) < 4.78 is 10.3. The molecule has 0 bridgehead atoms. The standard InChI is InChI=1S/C15H21NO5.C12H23N/c1-15(2,3)21-14(19)16-12(13(17)18)10-20-9-11-7-5-4-6-8-11;1-3-7-11(8-4-1)13-12-9-5-2-6-10-12/h4-8,12H,9-10H2,1-3H3,(H,16,19)(H,17,18);11-13H,1-10H2/t12-;/m0./s1. The summed E-state index contributed by atoms with van der Waals surface area (Å²) in [6, 6.07) is 10.0. The van der Waals surface area contributed by atoms with Crippen LogP contribution >= 0.6 is 0 Å². The number of benzene rings is 1. The Morgan fingerprint density at radius 2 is 1.50 bits per heavy atom. The lowest BCUT2D eigenvalue weighted by Crippen LogP contribution is -2.95. The molecule has 192 valence electrons. The van der Waals surface area contributed by atoms with Crippen LogP contribution in [0.4, 0.5) is 4.79 Å². The number of carboxylic acids is 1. The van der Waals surface area contributed by atoms with Crippen LogP contribution in [0.25, 0.3) is 0 Å². The van der Waals surface area contributed by atoms with Crippen molar-refractivity contribution in [2.75, 3.05) is 6.61 Å². The largest absolute Gasteiger partial charge is 0.548 e. The number of amides is 1. The third-order valence-electron chi connectivity index (χ3n) is 6.22. The van der Waals surface area contributed by atoms with Gasteiger partial charge in [0.2, 0.25) is 0 Å². The zero-order chi connectivity index (χ0) is 24.8. The molecule has 0 heterocycles. The van der Waals surface area contributed by atoms with Gasteiger partial charge in [-0.05, 0) is 77.7 Å². The molecular weight excluding hydrogens is 432 g/mol. The van der Waals surface area contributed by atoms with Crippen LogP contribution in [0.5, 0.6) is 0 Å². The summed E-state index contributed by atoms with van der Waals surface area (Å²) in [6.07, 6.45) is 14.1. The molecule has 0 unspecified atom stereocenters. The minimum absolute atomic E-state index is 0.198. The summed E-state index contributed by atoms with van der Waals surface area (Å²) in [7, 11) is 0. The maximum absolute atomic E-state index is 11.5. The van der Waals surface area contributed by atoms with Gasteiger partial charge in [0.25, 0.3) is 0 Å². The minimum atomic E-state index is -1.42. The molecule has 1 aromatic carbocycles. The fourth-order valence-electron chi connectivity index (χ4n) is 4.53. The van der Waals surface area contributed by atoms with E-state index in [1.165, 1.54) is 64.2 Å². The van der Waals surface area contributed by atoms with Crippen molar-refractivity contribution in [1.29, 1.82) is 0 Å². The van der Waals surface area contributed by atoms with Crippen molar-refractivity contribution >= 4 is 12.1 Å². The van der Waals surface area contributed by atoms with Gasteiger partial charge in [-0.2, -0.15) is 0 Å². The molecule has 0 aromatic heterocycles. The Kier molecular flexibility index (Phi) is 12.4. The number of hydrogen-bond acceptors (Lipinski definition) is 5. The molecule has 0 saturated heterocycles. The van der Waals surface area contributed by atoms with Gasteiger partial charge < -0.3 is 30.0 Å². The van der Waals surface area contributed by atoms with E-state index in [-0.39, 0.29) is 13.2 Å². The number of nitrogens with two attached hydrogens (primary N) is 1. The van der Waals surface area contributed by atoms with Crippen LogP contribution in [0, 0.1) is 0 Å². The Bertz CT molecular complexity index is 691. The average Bonchev–Trinajstić information content (AvgIpc) is 2.80. The second-order valence-corrected chi connectivity index (χ2v) is 10.5. The Labute approximate surface area is 205 Å². The van der Waals surface area contributed by atoms with Crippen molar-refractivity contribution in [2.45, 2.75) is 115 Å². The van der Waals surface area contributed by atoms with Crippen molar-refractivity contribution < 1.29 is 29.5 Å². The number of hydrogen-bond donors (Lipinski definition) is 2. The first-order valence-electron chi connectivity index (χ1n) is 12.9. The average molecular weight is 477 g/mol. The molecule has 7 heteroatoms. The molecule has 1 amide bonds. The molecule has 7 nitrogen and oxygen atoms in total. The number of rotatable bonds is 8. The summed E-state index contributed by atoms with van der Waals surface area (Å²) in [5.41, 5.74) is 0.206. The SMILES string of the molecule is C1CCC([NH2+]C2CCCCC2)CC1.CC(C)(C)OC(=O)N[C@@H](COCc1ccccc1)C(=O)[O-]. The summed E-state index contributed by atoms with van der Waals surface area (Å²) in [5, 5.41) is 15.9. The predicted molar refractivity (Wildman–Crippen MR) is 130 cm³/mol. The second kappa shape index (κ2) is 15.0. The molecule has 3 rings (SSSR count). The Balaban J connectivity index is 0.000000266. The molecule has 2 aliphatic carbocycles. The topological polar surface area (TPSA) is 104 Å². The first-order chi connectivity index (χ1) is 16.2. The molecular formula is C27H44N2O5. The van der Waals surface area contributed by atoms with Crippen LogP contribution < -0.4 is 15.7 Å². The van der Waals surface area contributed by atoms with Crippen molar-refractivity contribution in [2.24, 2.45) is 0 Å². The van der Waals surface area contributed by atoms with Crippen molar-refractivity contribution in [3.63, 3.8) is 0 Å². The van der Waals surface area contributed by atoms with E-state index >= 15 is 0 Å². The fraction of sp³-hybridized carbons (Fsp3) is 0.704. The van der Waals surface area contributed by atoms with E-state index < -0.39 is 23.7 Å². The lowest BCUT2D eigenvalue weighted by Gasteiger charge is -2.27. The van der Waals surface area contributed by atoms with Crippen LogP contribution in [-0.4, -0.2) is 42.4 Å². The highest BCUT2D eigenvalue weighted by Gasteiger charge is 2.23. The van der Waals surface area contributed by atoms with Crippen LogP contribution in [-0.2, 0) is 20.9 Å². The third kappa shape index (κ3) is 12.4. The quantitative estimate of drug-likeness (QED) is 0.600. The second-order valence-electron chi connectivity index (χ2n) is 10.5. The molecule has 2 saturated carbocycles. The van der Waals surface area contributed by atoms with E-state index in [1.54, 1.807) is 20.8 Å². The summed E-state index contributed by atoms with van der Waals surface area (Å²) in [6.45, 7) is 5.11. The minimum Gasteiger partial charge on any atom is -0.548 e. The van der Waals surface area contributed by atoms with Gasteiger partial charge in [-0.3, -0.25) is 0 Å². The van der Waals surface area contributed by atoms with Gasteiger partial charge in [0.05, 0.1) is 37.3 Å². The molecule has 34 heavy (non-hydrogen) atoms. The highest BCUT2D eigenvalue weighted by Crippen LogP contribution is 2.18. The van der Waals surface area contributed by atoms with E-state index in [2.05, 4.69) is 10.6 Å². The summed E-state index contributed by atoms with van der Waals surface area (Å²) in [5.74, 6) is -1.42. The van der Waals surface area contributed by atoms with Gasteiger partial charge in [-0.15, -0.1) is 0 Å². The molecule has 1 atom stereocenters. The smallest absolute Gasteiger partial charge is 0.408 e. The number of carbonyl (C=O) groups excluding carboxylic acids is 2. The van der Waals surface area contributed by atoms with E-state index in [0.29, 0.717) is 0 Å².